The molecule has 0 saturated carbocycles. The van der Waals surface area contributed by atoms with Crippen molar-refractivity contribution in [3.8, 4) is 0 Å². The Morgan fingerprint density at radius 2 is 1.22 bits per heavy atom. The number of carbonyl (C=O) groups is 2. The lowest BCUT2D eigenvalue weighted by atomic mass is 10.1. The summed E-state index contributed by atoms with van der Waals surface area (Å²) in [6.45, 7) is 8.01. The summed E-state index contributed by atoms with van der Waals surface area (Å²) in [7, 11) is 0. The molecule has 4 aromatic carbocycles. The van der Waals surface area contributed by atoms with Crippen molar-refractivity contribution in [2.24, 2.45) is 0 Å². The molecule has 0 radical (unpaired) electrons. The number of hydrogen-bond acceptors (Lipinski definition) is 3. The van der Waals surface area contributed by atoms with Crippen LogP contribution in [0.2, 0.25) is 0 Å². The molecule has 0 fully saturated rings. The van der Waals surface area contributed by atoms with Crippen molar-refractivity contribution in [2.45, 2.75) is 27.7 Å². The van der Waals surface area contributed by atoms with Crippen LogP contribution in [0.1, 0.15) is 43.0 Å². The van der Waals surface area contributed by atoms with E-state index in [0.717, 1.165) is 29.6 Å². The van der Waals surface area contributed by atoms with Crippen molar-refractivity contribution in [3.63, 3.8) is 0 Å². The summed E-state index contributed by atoms with van der Waals surface area (Å²) in [5.41, 5.74) is 12.8. The fourth-order valence-corrected chi connectivity index (χ4v) is 4.09. The molecule has 0 bridgehead atoms. The van der Waals surface area contributed by atoms with Crippen LogP contribution in [0, 0.1) is 34.8 Å². The fraction of sp³-hybridized carbons (Fsp3) is 0.133. The highest BCUT2D eigenvalue weighted by atomic mass is 127. The number of hydrogen-bond donors (Lipinski definition) is 3. The molecular formula is C30H30I2N2O3. The molecule has 4 N–H and O–H groups in total. The molecule has 0 aromatic heterocycles. The number of aromatic carboxylic acids is 1. The van der Waals surface area contributed by atoms with E-state index < -0.39 is 5.97 Å². The number of carbonyl (C=O) groups excluding carboxylic acids is 1. The highest BCUT2D eigenvalue weighted by molar-refractivity contribution is 14.1. The molecule has 1 amide bonds. The first kappa shape index (κ1) is 30.3. The Balaban J connectivity index is 0.000000215. The second kappa shape index (κ2) is 14.7. The van der Waals surface area contributed by atoms with Gasteiger partial charge < -0.3 is 16.2 Å². The van der Waals surface area contributed by atoms with Gasteiger partial charge in [0, 0.05) is 24.1 Å². The number of nitrogens with one attached hydrogen (secondary N) is 1. The first-order valence-electron chi connectivity index (χ1n) is 11.4. The van der Waals surface area contributed by atoms with E-state index in [1.54, 1.807) is 12.1 Å². The Hall–Kier alpha value is -2.92. The van der Waals surface area contributed by atoms with E-state index in [-0.39, 0.29) is 5.91 Å². The van der Waals surface area contributed by atoms with Crippen molar-refractivity contribution in [3.05, 3.63) is 125 Å². The number of rotatable bonds is 3. The molecule has 0 unspecified atom stereocenters. The Kier molecular flexibility index (Phi) is 12.1. The van der Waals surface area contributed by atoms with Gasteiger partial charge in [0.25, 0.3) is 5.91 Å². The van der Waals surface area contributed by atoms with Crippen LogP contribution in [0.25, 0.3) is 0 Å². The molecule has 0 aliphatic rings. The predicted molar refractivity (Wildman–Crippen MR) is 169 cm³/mol. The van der Waals surface area contributed by atoms with Crippen LogP contribution >= 0.6 is 45.2 Å². The molecule has 0 aliphatic carbocycles. The third-order valence-corrected chi connectivity index (χ3v) is 7.50. The van der Waals surface area contributed by atoms with E-state index in [1.165, 1.54) is 11.1 Å². The van der Waals surface area contributed by atoms with Crippen molar-refractivity contribution < 1.29 is 14.7 Å². The van der Waals surface area contributed by atoms with E-state index in [1.807, 2.05) is 100 Å². The number of anilines is 2. The molecule has 0 heterocycles. The second-order valence-electron chi connectivity index (χ2n) is 8.47. The normalized spacial score (nSPS) is 9.78. The number of benzene rings is 4. The van der Waals surface area contributed by atoms with E-state index >= 15 is 0 Å². The Labute approximate surface area is 245 Å². The van der Waals surface area contributed by atoms with Crippen molar-refractivity contribution in [1.29, 1.82) is 0 Å². The van der Waals surface area contributed by atoms with E-state index in [4.69, 9.17) is 10.8 Å². The molecule has 4 rings (SSSR count). The third kappa shape index (κ3) is 10.5. The topological polar surface area (TPSA) is 92.4 Å². The zero-order valence-corrected chi connectivity index (χ0v) is 25.5. The number of halogens is 2. The Morgan fingerprint density at radius 3 is 1.68 bits per heavy atom. The maximum absolute atomic E-state index is 12.1. The fourth-order valence-electron chi connectivity index (χ4n) is 3.06. The Morgan fingerprint density at radius 1 is 0.703 bits per heavy atom. The summed E-state index contributed by atoms with van der Waals surface area (Å²) < 4.78 is 2.09. The first-order valence-corrected chi connectivity index (χ1v) is 13.6. The average molecular weight is 720 g/mol. The number of amides is 1. The minimum Gasteiger partial charge on any atom is -0.478 e. The van der Waals surface area contributed by atoms with Crippen LogP contribution < -0.4 is 11.1 Å². The molecule has 0 spiro atoms. The minimum atomic E-state index is -0.872. The van der Waals surface area contributed by atoms with Crippen LogP contribution in [0.15, 0.2) is 84.9 Å². The van der Waals surface area contributed by atoms with Crippen LogP contribution in [0.5, 0.6) is 0 Å². The lowest BCUT2D eigenvalue weighted by Gasteiger charge is -2.07. The van der Waals surface area contributed by atoms with Crippen LogP contribution in [-0.2, 0) is 0 Å². The van der Waals surface area contributed by atoms with Crippen LogP contribution in [0.4, 0.5) is 11.4 Å². The Bertz CT molecular complexity index is 1370. The highest BCUT2D eigenvalue weighted by Gasteiger charge is 2.07. The number of carboxylic acid groups (broad SMARTS) is 1. The second-order valence-corrected chi connectivity index (χ2v) is 10.8. The summed E-state index contributed by atoms with van der Waals surface area (Å²) in [6.07, 6.45) is 0. The molecule has 7 heteroatoms. The SMILES string of the molecule is Cc1ccc(C(=O)O)cc1I.Cc1cccc(N)c1.Cc1cccc(NC(=O)c2ccc(C)c(I)c2)c1. The van der Waals surface area contributed by atoms with Crippen molar-refractivity contribution >= 4 is 68.4 Å². The van der Waals surface area contributed by atoms with E-state index in [0.29, 0.717) is 11.1 Å². The number of nitrogens with two attached hydrogens (primary N) is 1. The maximum atomic E-state index is 12.1. The molecule has 0 aliphatic heterocycles. The molecule has 0 saturated heterocycles. The standard InChI is InChI=1S/C15H14INO.C8H7IO2.C7H9N/c1-10-4-3-5-13(8-10)17-15(18)12-7-6-11(2)14(16)9-12;1-5-2-3-6(8(10)11)4-7(5)9;1-6-3-2-4-7(8)5-6/h3-9H,1-2H3,(H,17,18);2-4H,1H3,(H,10,11);2-5H,8H2,1H3. The van der Waals surface area contributed by atoms with Gasteiger partial charge in [0.2, 0.25) is 0 Å². The van der Waals surface area contributed by atoms with Gasteiger partial charge in [-0.05, 0) is 144 Å². The quantitative estimate of drug-likeness (QED) is 0.148. The van der Waals surface area contributed by atoms with Crippen LogP contribution in [-0.4, -0.2) is 17.0 Å². The molecule has 0 atom stereocenters. The van der Waals surface area contributed by atoms with Gasteiger partial charge in [-0.25, -0.2) is 4.79 Å². The summed E-state index contributed by atoms with van der Waals surface area (Å²) in [4.78, 5) is 22.5. The van der Waals surface area contributed by atoms with Crippen LogP contribution in [0.3, 0.4) is 0 Å². The maximum Gasteiger partial charge on any atom is 0.335 e. The van der Waals surface area contributed by atoms with Gasteiger partial charge in [-0.1, -0.05) is 36.4 Å². The van der Waals surface area contributed by atoms with Gasteiger partial charge in [0.05, 0.1) is 5.56 Å². The number of nitrogen functional groups attached to an aromatic ring is 1. The molecule has 5 nitrogen and oxygen atoms in total. The third-order valence-electron chi connectivity index (χ3n) is 5.17. The lowest BCUT2D eigenvalue weighted by Crippen LogP contribution is -2.12. The summed E-state index contributed by atoms with van der Waals surface area (Å²) in [5, 5.41) is 11.5. The molecule has 192 valence electrons. The highest BCUT2D eigenvalue weighted by Crippen LogP contribution is 2.16. The molecular weight excluding hydrogens is 690 g/mol. The minimum absolute atomic E-state index is 0.0708. The molecule has 37 heavy (non-hydrogen) atoms. The first-order chi connectivity index (χ1) is 17.5. The summed E-state index contributed by atoms with van der Waals surface area (Å²) in [5.74, 6) is -0.943. The zero-order chi connectivity index (χ0) is 27.5. The summed E-state index contributed by atoms with van der Waals surface area (Å²) in [6, 6.07) is 26.4. The van der Waals surface area contributed by atoms with Gasteiger partial charge in [0.15, 0.2) is 0 Å². The van der Waals surface area contributed by atoms with Gasteiger partial charge in [-0.15, -0.1) is 0 Å². The lowest BCUT2D eigenvalue weighted by molar-refractivity contribution is 0.0696. The van der Waals surface area contributed by atoms with Gasteiger partial charge in [0.1, 0.15) is 0 Å². The van der Waals surface area contributed by atoms with Gasteiger partial charge in [-0.3, -0.25) is 4.79 Å². The van der Waals surface area contributed by atoms with Crippen molar-refractivity contribution in [2.75, 3.05) is 11.1 Å². The average Bonchev–Trinajstić information content (AvgIpc) is 2.83. The monoisotopic (exact) mass is 720 g/mol. The smallest absolute Gasteiger partial charge is 0.335 e. The van der Waals surface area contributed by atoms with Gasteiger partial charge >= 0.3 is 5.97 Å². The van der Waals surface area contributed by atoms with E-state index in [2.05, 4.69) is 50.5 Å². The van der Waals surface area contributed by atoms with Gasteiger partial charge in [-0.2, -0.15) is 0 Å². The van der Waals surface area contributed by atoms with Crippen molar-refractivity contribution in [1.82, 2.24) is 0 Å². The number of aryl methyl sites for hydroxylation is 4. The molecule has 4 aromatic rings. The predicted octanol–water partition coefficient (Wildman–Crippen LogP) is 8.04. The van der Waals surface area contributed by atoms with E-state index in [9.17, 15) is 9.59 Å². The summed E-state index contributed by atoms with van der Waals surface area (Å²) >= 11 is 4.36. The largest absolute Gasteiger partial charge is 0.478 e. The number of carboxylic acids is 1. The zero-order valence-electron chi connectivity index (χ0n) is 21.2.